The van der Waals surface area contributed by atoms with E-state index in [-0.39, 0.29) is 0 Å². The number of nitrogens with one attached hydrogen (secondary N) is 1. The maximum Gasteiger partial charge on any atom is 0.248 e. The van der Waals surface area contributed by atoms with Crippen molar-refractivity contribution in [3.05, 3.63) is 69.6 Å². The second-order valence-corrected chi connectivity index (χ2v) is 6.83. The molecule has 0 radical (unpaired) electrons. The van der Waals surface area contributed by atoms with Gasteiger partial charge >= 0.3 is 0 Å². The number of hydrogen-bond donors (Lipinski definition) is 2. The Hall–Kier alpha value is -2.90. The molecule has 1 aliphatic heterocycles. The van der Waals surface area contributed by atoms with Crippen LogP contribution in [-0.2, 0) is 4.79 Å². The quantitative estimate of drug-likeness (QED) is 0.701. The van der Waals surface area contributed by atoms with Crippen LogP contribution in [0.2, 0.25) is 10.0 Å². The number of primary amides is 1. The summed E-state index contributed by atoms with van der Waals surface area (Å²) in [6.45, 7) is 1.77. The predicted molar refractivity (Wildman–Crippen MR) is 103 cm³/mol. The molecule has 7 nitrogen and oxygen atoms in total. The first-order valence-electron chi connectivity index (χ1n) is 8.06. The van der Waals surface area contributed by atoms with Crippen LogP contribution >= 0.6 is 23.2 Å². The van der Waals surface area contributed by atoms with Crippen molar-refractivity contribution in [1.29, 1.82) is 0 Å². The van der Waals surface area contributed by atoms with Crippen LogP contribution in [0.25, 0.3) is 11.4 Å². The van der Waals surface area contributed by atoms with Crippen molar-refractivity contribution in [3.8, 4) is 11.4 Å². The highest BCUT2D eigenvalue weighted by Crippen LogP contribution is 2.35. The topological polar surface area (TPSA) is 98.7 Å². The minimum absolute atomic E-state index is 0.381. The van der Waals surface area contributed by atoms with Crippen LogP contribution in [0, 0.1) is 0 Å². The maximum absolute atomic E-state index is 12.1. The van der Waals surface area contributed by atoms with Crippen molar-refractivity contribution in [2.45, 2.75) is 13.0 Å². The fraction of sp³-hybridized carbons (Fsp3) is 0.111. The molecular weight excluding hydrogens is 387 g/mol. The van der Waals surface area contributed by atoms with Crippen LogP contribution in [-0.4, -0.2) is 25.7 Å². The molecule has 4 rings (SSSR count). The van der Waals surface area contributed by atoms with Crippen molar-refractivity contribution in [2.24, 2.45) is 5.73 Å². The summed E-state index contributed by atoms with van der Waals surface area (Å²) in [4.78, 5) is 21.0. The molecule has 0 bridgehead atoms. The molecule has 1 amide bonds. The molecule has 27 heavy (non-hydrogen) atoms. The summed E-state index contributed by atoms with van der Waals surface area (Å²) in [6, 6.07) is 10.0. The summed E-state index contributed by atoms with van der Waals surface area (Å²) in [5.41, 5.74) is 7.97. The lowest BCUT2D eigenvalue weighted by molar-refractivity contribution is -0.115. The van der Waals surface area contributed by atoms with Gasteiger partial charge in [-0.1, -0.05) is 29.3 Å². The fourth-order valence-corrected chi connectivity index (χ4v) is 3.34. The lowest BCUT2D eigenvalue weighted by atomic mass is 9.99. The fourth-order valence-electron chi connectivity index (χ4n) is 3.04. The van der Waals surface area contributed by atoms with Crippen LogP contribution in [0.1, 0.15) is 18.7 Å². The molecule has 0 spiro atoms. The van der Waals surface area contributed by atoms with Gasteiger partial charge in [0, 0.05) is 17.5 Å². The summed E-state index contributed by atoms with van der Waals surface area (Å²) in [7, 11) is 0. The number of anilines is 1. The van der Waals surface area contributed by atoms with Gasteiger partial charge in [0.1, 0.15) is 6.04 Å². The number of fused-ring (bicyclic) bond motifs is 1. The summed E-state index contributed by atoms with van der Waals surface area (Å²) >= 11 is 12.1. The lowest BCUT2D eigenvalue weighted by Gasteiger charge is -2.26. The molecule has 1 aliphatic rings. The summed E-state index contributed by atoms with van der Waals surface area (Å²) in [6.07, 6.45) is 1.65. The second-order valence-electron chi connectivity index (χ2n) is 6.02. The largest absolute Gasteiger partial charge is 0.366 e. The third-order valence-corrected chi connectivity index (χ3v) is 5.00. The number of benzene rings is 1. The van der Waals surface area contributed by atoms with Gasteiger partial charge < -0.3 is 11.1 Å². The number of hydrogen-bond acceptors (Lipinski definition) is 5. The molecule has 2 aromatic heterocycles. The van der Waals surface area contributed by atoms with Gasteiger partial charge in [-0.05, 0) is 37.3 Å². The molecule has 136 valence electrons. The van der Waals surface area contributed by atoms with Crippen molar-refractivity contribution in [3.63, 3.8) is 0 Å². The molecule has 1 aromatic carbocycles. The lowest BCUT2D eigenvalue weighted by Crippen LogP contribution is -2.32. The Bertz CT molecular complexity index is 1080. The van der Waals surface area contributed by atoms with E-state index in [1.165, 1.54) is 0 Å². The Morgan fingerprint density at radius 2 is 2.04 bits per heavy atom. The molecule has 1 unspecified atom stereocenters. The second kappa shape index (κ2) is 6.68. The molecule has 3 heterocycles. The minimum atomic E-state index is -0.580. The summed E-state index contributed by atoms with van der Waals surface area (Å²) in [5, 5.41) is 8.52. The first-order chi connectivity index (χ1) is 13.0. The monoisotopic (exact) mass is 400 g/mol. The molecule has 3 N–H and O–H groups in total. The molecule has 9 heteroatoms. The van der Waals surface area contributed by atoms with Crippen LogP contribution in [0.15, 0.2) is 53.9 Å². The maximum atomic E-state index is 12.1. The van der Waals surface area contributed by atoms with Crippen molar-refractivity contribution >= 4 is 35.1 Å². The van der Waals surface area contributed by atoms with E-state index >= 15 is 0 Å². The molecule has 0 saturated carbocycles. The predicted octanol–water partition coefficient (Wildman–Crippen LogP) is 3.42. The molecule has 1 atom stereocenters. The van der Waals surface area contributed by atoms with E-state index in [0.717, 1.165) is 0 Å². The number of carbonyl (C=O) groups excluding carboxylic acids is 1. The third kappa shape index (κ3) is 3.05. The number of halogens is 2. The Morgan fingerprint density at radius 3 is 2.70 bits per heavy atom. The van der Waals surface area contributed by atoms with Crippen LogP contribution < -0.4 is 11.1 Å². The van der Waals surface area contributed by atoms with Gasteiger partial charge in [-0.3, -0.25) is 9.78 Å². The van der Waals surface area contributed by atoms with Crippen LogP contribution in [0.3, 0.4) is 0 Å². The number of rotatable bonds is 3. The summed E-state index contributed by atoms with van der Waals surface area (Å²) < 4.78 is 1.60. The van der Waals surface area contributed by atoms with Gasteiger partial charge in [-0.2, -0.15) is 4.98 Å². The van der Waals surface area contributed by atoms with E-state index in [4.69, 9.17) is 28.9 Å². The number of aromatic nitrogens is 4. The Morgan fingerprint density at radius 1 is 1.22 bits per heavy atom. The normalized spacial score (nSPS) is 16.0. The van der Waals surface area contributed by atoms with Gasteiger partial charge in [-0.25, -0.2) is 4.68 Å². The highest BCUT2D eigenvalue weighted by atomic mass is 35.5. The number of nitrogens with two attached hydrogens (primary N) is 1. The Balaban J connectivity index is 1.87. The molecule has 3 aromatic rings. The Labute approximate surface area is 164 Å². The smallest absolute Gasteiger partial charge is 0.248 e. The zero-order valence-electron chi connectivity index (χ0n) is 14.1. The molecule has 0 saturated heterocycles. The highest BCUT2D eigenvalue weighted by molar-refractivity contribution is 6.42. The van der Waals surface area contributed by atoms with Crippen LogP contribution in [0.4, 0.5) is 5.95 Å². The van der Waals surface area contributed by atoms with Crippen LogP contribution in [0.5, 0.6) is 0 Å². The average Bonchev–Trinajstić information content (AvgIpc) is 3.06. The molecular formula is C18H14Cl2N6O. The zero-order chi connectivity index (χ0) is 19.1. The number of amides is 1. The first kappa shape index (κ1) is 17.5. The van der Waals surface area contributed by atoms with Crippen molar-refractivity contribution < 1.29 is 4.79 Å². The minimum Gasteiger partial charge on any atom is -0.366 e. The number of allylic oxidation sites excluding steroid dienone is 1. The average molecular weight is 401 g/mol. The highest BCUT2D eigenvalue weighted by Gasteiger charge is 2.34. The van der Waals surface area contributed by atoms with E-state index in [0.29, 0.717) is 44.3 Å². The zero-order valence-corrected chi connectivity index (χ0v) is 15.7. The standard InChI is InChI=1S/C18H14Cl2N6O/c1-9-14(16(21)27)15(13-4-2-3-7-22-13)26-18(23-9)24-17(25-26)10-5-6-11(19)12(20)8-10/h2-8,15H,1H3,(H2,21,27)(H,23,24,25). The van der Waals surface area contributed by atoms with E-state index in [2.05, 4.69) is 20.4 Å². The van der Waals surface area contributed by atoms with Gasteiger partial charge in [0.05, 0.1) is 21.3 Å². The van der Waals surface area contributed by atoms with Crippen molar-refractivity contribution in [1.82, 2.24) is 19.7 Å². The summed E-state index contributed by atoms with van der Waals surface area (Å²) in [5.74, 6) is 0.373. The van der Waals surface area contributed by atoms with Crippen molar-refractivity contribution in [2.75, 3.05) is 5.32 Å². The van der Waals surface area contributed by atoms with E-state index in [9.17, 15) is 4.79 Å². The van der Waals surface area contributed by atoms with Gasteiger partial charge in [0.25, 0.3) is 0 Å². The van der Waals surface area contributed by atoms with E-state index < -0.39 is 11.9 Å². The van der Waals surface area contributed by atoms with Gasteiger partial charge in [-0.15, -0.1) is 5.10 Å². The number of pyridine rings is 1. The SMILES string of the molecule is CC1=C(C(N)=O)C(c2ccccn2)n2nc(-c3ccc(Cl)c(Cl)c3)nc2N1. The first-order valence-corrected chi connectivity index (χ1v) is 8.82. The van der Waals surface area contributed by atoms with Gasteiger partial charge in [0.2, 0.25) is 11.9 Å². The number of carbonyl (C=O) groups is 1. The molecule has 0 fully saturated rings. The van der Waals surface area contributed by atoms with E-state index in [1.54, 1.807) is 42.1 Å². The van der Waals surface area contributed by atoms with E-state index in [1.807, 2.05) is 12.1 Å². The molecule has 0 aliphatic carbocycles. The third-order valence-electron chi connectivity index (χ3n) is 4.26. The van der Waals surface area contributed by atoms with Gasteiger partial charge in [0.15, 0.2) is 5.82 Å². The Kier molecular flexibility index (Phi) is 4.33. The number of nitrogens with zero attached hydrogens (tertiary/aromatic N) is 4.